The highest BCUT2D eigenvalue weighted by Crippen LogP contribution is 2.40. The number of amides is 1. The molecule has 1 saturated heterocycles. The van der Waals surface area contributed by atoms with Crippen LogP contribution < -0.4 is 4.90 Å². The van der Waals surface area contributed by atoms with E-state index in [-0.39, 0.29) is 23.5 Å². The van der Waals surface area contributed by atoms with Gasteiger partial charge in [0.15, 0.2) is 0 Å². The first-order valence-electron chi connectivity index (χ1n) is 9.75. The molecule has 3 aromatic carbocycles. The number of aliphatic hydroxyl groups excluding tert-OH is 1. The van der Waals surface area contributed by atoms with Gasteiger partial charge in [-0.2, -0.15) is 0 Å². The summed E-state index contributed by atoms with van der Waals surface area (Å²) in [6.45, 7) is 0. The predicted octanol–water partition coefficient (Wildman–Crippen LogP) is 5.28. The van der Waals surface area contributed by atoms with Gasteiger partial charge in [-0.25, -0.2) is 4.39 Å². The number of rotatable bonds is 6. The van der Waals surface area contributed by atoms with E-state index in [2.05, 4.69) is 22.6 Å². The van der Waals surface area contributed by atoms with Crippen LogP contribution in [0.15, 0.2) is 66.7 Å². The number of carbonyl (C=O) groups is 1. The number of aromatic hydroxyl groups is 1. The zero-order valence-corrected chi connectivity index (χ0v) is 18.3. The first-order valence-corrected chi connectivity index (χ1v) is 10.8. The Kier molecular flexibility index (Phi) is 6.06. The Balaban J connectivity index is 1.50. The van der Waals surface area contributed by atoms with Gasteiger partial charge >= 0.3 is 0 Å². The number of nitrogens with zero attached hydrogens (tertiary/aromatic N) is 1. The number of anilines is 1. The number of carbonyl (C=O) groups excluding carboxylic acids is 1. The highest BCUT2D eigenvalue weighted by atomic mass is 127. The van der Waals surface area contributed by atoms with Crippen molar-refractivity contribution >= 4 is 34.2 Å². The van der Waals surface area contributed by atoms with Crippen LogP contribution in [0.3, 0.4) is 0 Å². The molecule has 30 heavy (non-hydrogen) atoms. The van der Waals surface area contributed by atoms with Gasteiger partial charge in [0, 0.05) is 9.26 Å². The topological polar surface area (TPSA) is 60.8 Å². The molecule has 6 heteroatoms. The minimum absolute atomic E-state index is 0.0169. The number of hydrogen-bond donors (Lipinski definition) is 2. The van der Waals surface area contributed by atoms with E-state index in [0.717, 1.165) is 14.8 Å². The lowest BCUT2D eigenvalue weighted by Gasteiger charge is -2.41. The number of phenolic OH excluding ortho intramolecular Hbond substituents is 1. The molecular weight excluding hydrogens is 496 g/mol. The van der Waals surface area contributed by atoms with Crippen LogP contribution in [0.1, 0.15) is 41.7 Å². The third kappa shape index (κ3) is 4.34. The molecule has 4 nitrogen and oxygen atoms in total. The van der Waals surface area contributed by atoms with E-state index in [0.29, 0.717) is 30.4 Å². The second-order valence-corrected chi connectivity index (χ2v) is 8.70. The molecule has 1 unspecified atom stereocenters. The van der Waals surface area contributed by atoms with Crippen LogP contribution in [-0.2, 0) is 11.2 Å². The Labute approximate surface area is 188 Å². The zero-order chi connectivity index (χ0) is 21.3. The molecule has 0 bridgehead atoms. The molecule has 4 rings (SSSR count). The first-order chi connectivity index (χ1) is 14.4. The van der Waals surface area contributed by atoms with Crippen LogP contribution in [0.5, 0.6) is 5.75 Å². The SMILES string of the molecule is O=C1CC(c2ccc(I)cc2)N1c1ccc(O)c(CC[C@H](O)c2ccc(F)cc2)c1. The zero-order valence-electron chi connectivity index (χ0n) is 16.1. The van der Waals surface area contributed by atoms with Crippen molar-refractivity contribution in [2.24, 2.45) is 0 Å². The number of phenols is 1. The lowest BCUT2D eigenvalue weighted by Crippen LogP contribution is -2.46. The lowest BCUT2D eigenvalue weighted by molar-refractivity contribution is -0.124. The van der Waals surface area contributed by atoms with Gasteiger partial charge in [-0.3, -0.25) is 4.79 Å². The summed E-state index contributed by atoms with van der Waals surface area (Å²) >= 11 is 2.25. The number of hydrogen-bond acceptors (Lipinski definition) is 3. The van der Waals surface area contributed by atoms with Crippen LogP contribution in [0.2, 0.25) is 0 Å². The molecule has 1 aliphatic rings. The molecule has 1 fully saturated rings. The van der Waals surface area contributed by atoms with Crippen molar-refractivity contribution in [1.29, 1.82) is 0 Å². The minimum Gasteiger partial charge on any atom is -0.508 e. The van der Waals surface area contributed by atoms with Crippen LogP contribution in [0.4, 0.5) is 10.1 Å². The largest absolute Gasteiger partial charge is 0.508 e. The molecule has 0 radical (unpaired) electrons. The smallest absolute Gasteiger partial charge is 0.230 e. The monoisotopic (exact) mass is 517 g/mol. The molecule has 1 amide bonds. The summed E-state index contributed by atoms with van der Waals surface area (Å²) < 4.78 is 14.2. The Bertz CT molecular complexity index is 1050. The summed E-state index contributed by atoms with van der Waals surface area (Å²) in [6, 6.07) is 19.0. The fourth-order valence-corrected chi connectivity index (χ4v) is 4.12. The summed E-state index contributed by atoms with van der Waals surface area (Å²) in [5.74, 6) is -0.177. The van der Waals surface area contributed by atoms with Crippen LogP contribution in [0.25, 0.3) is 0 Å². The van der Waals surface area contributed by atoms with Crippen molar-refractivity contribution in [2.75, 3.05) is 4.90 Å². The number of benzene rings is 3. The Morgan fingerprint density at radius 1 is 1.07 bits per heavy atom. The standard InChI is InChI=1S/C24H21FINO3/c25-18-6-1-16(2-7-18)22(28)11-5-17-13-20(10-12-23(17)29)27-21(14-24(27)30)15-3-8-19(26)9-4-15/h1-4,6-10,12-13,21-22,28-29H,5,11,14H2/t21?,22-/m0/s1. The first kappa shape index (κ1) is 20.8. The summed E-state index contributed by atoms with van der Waals surface area (Å²) in [4.78, 5) is 14.1. The van der Waals surface area contributed by atoms with E-state index in [1.165, 1.54) is 12.1 Å². The highest BCUT2D eigenvalue weighted by molar-refractivity contribution is 14.1. The van der Waals surface area contributed by atoms with E-state index in [4.69, 9.17) is 0 Å². The average molecular weight is 517 g/mol. The molecule has 0 spiro atoms. The normalized spacial score (nSPS) is 17.0. The van der Waals surface area contributed by atoms with Gasteiger partial charge in [0.1, 0.15) is 11.6 Å². The van der Waals surface area contributed by atoms with E-state index in [9.17, 15) is 19.4 Å². The van der Waals surface area contributed by atoms with E-state index in [1.807, 2.05) is 30.3 Å². The van der Waals surface area contributed by atoms with Crippen molar-refractivity contribution < 1.29 is 19.4 Å². The van der Waals surface area contributed by atoms with Gasteiger partial charge in [0.05, 0.1) is 18.6 Å². The molecule has 3 aromatic rings. The van der Waals surface area contributed by atoms with E-state index >= 15 is 0 Å². The van der Waals surface area contributed by atoms with Gasteiger partial charge in [-0.05, 0) is 94.6 Å². The van der Waals surface area contributed by atoms with Crippen molar-refractivity contribution in [3.63, 3.8) is 0 Å². The second kappa shape index (κ2) is 8.73. The molecule has 1 aliphatic heterocycles. The predicted molar refractivity (Wildman–Crippen MR) is 122 cm³/mol. The number of aryl methyl sites for hydroxylation is 1. The Morgan fingerprint density at radius 3 is 2.43 bits per heavy atom. The summed E-state index contributed by atoms with van der Waals surface area (Å²) in [6.07, 6.45) is 0.491. The van der Waals surface area contributed by atoms with Crippen LogP contribution in [-0.4, -0.2) is 16.1 Å². The summed E-state index contributed by atoms with van der Waals surface area (Å²) in [7, 11) is 0. The van der Waals surface area contributed by atoms with Crippen molar-refractivity contribution in [2.45, 2.75) is 31.4 Å². The molecule has 0 saturated carbocycles. The van der Waals surface area contributed by atoms with Gasteiger partial charge in [-0.1, -0.05) is 24.3 Å². The maximum absolute atomic E-state index is 13.1. The number of aliphatic hydroxyl groups is 1. The fraction of sp³-hybridized carbons (Fsp3) is 0.208. The Hall–Kier alpha value is -2.45. The molecule has 0 aliphatic carbocycles. The maximum Gasteiger partial charge on any atom is 0.230 e. The second-order valence-electron chi connectivity index (χ2n) is 7.45. The molecule has 1 heterocycles. The van der Waals surface area contributed by atoms with E-state index in [1.54, 1.807) is 29.2 Å². The molecule has 2 atom stereocenters. The molecule has 0 aromatic heterocycles. The van der Waals surface area contributed by atoms with Crippen LogP contribution >= 0.6 is 22.6 Å². The highest BCUT2D eigenvalue weighted by Gasteiger charge is 2.38. The minimum atomic E-state index is -0.765. The quantitative estimate of drug-likeness (QED) is 0.346. The number of β-lactam (4-membered cyclic amide) rings is 1. The Morgan fingerprint density at radius 2 is 1.77 bits per heavy atom. The van der Waals surface area contributed by atoms with Gasteiger partial charge in [-0.15, -0.1) is 0 Å². The third-order valence-corrected chi connectivity index (χ3v) is 6.21. The van der Waals surface area contributed by atoms with Crippen molar-refractivity contribution in [1.82, 2.24) is 0 Å². The molecule has 2 N–H and O–H groups in total. The van der Waals surface area contributed by atoms with Crippen molar-refractivity contribution in [3.05, 3.63) is 92.8 Å². The number of halogens is 2. The molecule has 154 valence electrons. The lowest BCUT2D eigenvalue weighted by atomic mass is 9.92. The van der Waals surface area contributed by atoms with Gasteiger partial charge in [0.2, 0.25) is 5.91 Å². The van der Waals surface area contributed by atoms with Gasteiger partial charge < -0.3 is 15.1 Å². The maximum atomic E-state index is 13.1. The van der Waals surface area contributed by atoms with E-state index < -0.39 is 6.10 Å². The van der Waals surface area contributed by atoms with Crippen molar-refractivity contribution in [3.8, 4) is 5.75 Å². The summed E-state index contributed by atoms with van der Waals surface area (Å²) in [5.41, 5.74) is 3.11. The summed E-state index contributed by atoms with van der Waals surface area (Å²) in [5, 5.41) is 20.7. The third-order valence-electron chi connectivity index (χ3n) is 5.49. The fourth-order valence-electron chi connectivity index (χ4n) is 3.76. The van der Waals surface area contributed by atoms with Gasteiger partial charge in [0.25, 0.3) is 0 Å². The van der Waals surface area contributed by atoms with Crippen LogP contribution in [0, 0.1) is 9.39 Å². The molecular formula is C24H21FINO3. The average Bonchev–Trinajstić information content (AvgIpc) is 2.73.